The number of amides is 1. The standard InChI is InChI=1S/C28H29N4O3S/c1-3-32-15-12-20(13-16-32)19-7-9-23(10-8-19)30-27-26-22(11-14-29-28(26)33)18-25(31-27)21-5-4-6-24(17-21)36(2,34)35/h4-11,14,17-18,20H,3,12-13,15-16H2,1-2H3,(H,30,31). The van der Waals surface area contributed by atoms with E-state index in [2.05, 4.69) is 34.6 Å². The fourth-order valence-electron chi connectivity index (χ4n) is 4.85. The van der Waals surface area contributed by atoms with Gasteiger partial charge in [0, 0.05) is 23.7 Å². The smallest absolute Gasteiger partial charge is 0.281 e. The molecular weight excluding hydrogens is 472 g/mol. The molecule has 2 aliphatic heterocycles. The fourth-order valence-corrected chi connectivity index (χ4v) is 5.52. The molecule has 0 atom stereocenters. The summed E-state index contributed by atoms with van der Waals surface area (Å²) >= 11 is 0. The van der Waals surface area contributed by atoms with E-state index < -0.39 is 9.84 Å². The molecule has 0 saturated carbocycles. The number of carbonyl (C=O) groups is 1. The van der Waals surface area contributed by atoms with Crippen LogP contribution in [0.25, 0.3) is 17.3 Å². The number of benzene rings is 2. The maximum Gasteiger partial charge on any atom is 0.281 e. The summed E-state index contributed by atoms with van der Waals surface area (Å²) in [7, 11) is -3.37. The number of hydrogen-bond donors (Lipinski definition) is 1. The molecule has 0 bridgehead atoms. The minimum Gasteiger partial charge on any atom is -0.340 e. The molecule has 1 radical (unpaired) electrons. The van der Waals surface area contributed by atoms with E-state index in [4.69, 9.17) is 4.98 Å². The van der Waals surface area contributed by atoms with Crippen LogP contribution in [-0.4, -0.2) is 50.1 Å². The normalized spacial score (nSPS) is 16.4. The number of anilines is 2. The molecule has 185 valence electrons. The van der Waals surface area contributed by atoms with Gasteiger partial charge in [-0.2, -0.15) is 0 Å². The van der Waals surface area contributed by atoms with Crippen molar-refractivity contribution in [2.45, 2.75) is 30.6 Å². The minimum atomic E-state index is -3.37. The number of likely N-dealkylation sites (tertiary alicyclic amines) is 1. The second-order valence-corrected chi connectivity index (χ2v) is 11.3. The Morgan fingerprint density at radius 2 is 1.81 bits per heavy atom. The molecule has 3 aromatic rings. The number of fused-ring (bicyclic) bond motifs is 1. The Balaban J connectivity index is 1.46. The Hall–Kier alpha value is -3.49. The van der Waals surface area contributed by atoms with Crippen LogP contribution in [0.2, 0.25) is 0 Å². The van der Waals surface area contributed by atoms with Crippen molar-refractivity contribution in [3.63, 3.8) is 0 Å². The van der Waals surface area contributed by atoms with Crippen LogP contribution in [0.3, 0.4) is 0 Å². The van der Waals surface area contributed by atoms with Crippen LogP contribution in [0.15, 0.2) is 65.7 Å². The SMILES string of the molecule is CCN1CCC(c2ccc(Nc3nc(-c4cccc(S(C)(=O)=O)c4)cc4c3C(=O)[N]C=C4)cc2)CC1. The van der Waals surface area contributed by atoms with Gasteiger partial charge in [0.25, 0.3) is 5.91 Å². The Morgan fingerprint density at radius 1 is 1.06 bits per heavy atom. The Labute approximate surface area is 212 Å². The lowest BCUT2D eigenvalue weighted by atomic mass is 9.89. The van der Waals surface area contributed by atoms with E-state index in [0.717, 1.165) is 38.2 Å². The van der Waals surface area contributed by atoms with Crippen molar-refractivity contribution in [3.8, 4) is 11.3 Å². The number of sulfone groups is 1. The summed E-state index contributed by atoms with van der Waals surface area (Å²) in [5.41, 5.74) is 4.46. The van der Waals surface area contributed by atoms with Crippen molar-refractivity contribution in [1.82, 2.24) is 15.2 Å². The summed E-state index contributed by atoms with van der Waals surface area (Å²) in [5.74, 6) is 0.594. The average Bonchev–Trinajstić information content (AvgIpc) is 2.89. The maximum atomic E-state index is 12.7. The first-order chi connectivity index (χ1) is 17.3. The molecule has 1 amide bonds. The van der Waals surface area contributed by atoms with Gasteiger partial charge in [0.1, 0.15) is 5.82 Å². The molecule has 1 N–H and O–H groups in total. The molecule has 5 rings (SSSR count). The quantitative estimate of drug-likeness (QED) is 0.520. The summed E-state index contributed by atoms with van der Waals surface area (Å²) in [6.45, 7) is 5.57. The molecule has 1 fully saturated rings. The van der Waals surface area contributed by atoms with Crippen LogP contribution in [0.1, 0.15) is 47.2 Å². The van der Waals surface area contributed by atoms with Gasteiger partial charge in [0.05, 0.1) is 16.2 Å². The fraction of sp³-hybridized carbons (Fsp3) is 0.286. The molecule has 0 spiro atoms. The van der Waals surface area contributed by atoms with Crippen molar-refractivity contribution in [3.05, 3.63) is 77.5 Å². The summed E-state index contributed by atoms with van der Waals surface area (Å²) in [5, 5.41) is 7.24. The van der Waals surface area contributed by atoms with Crippen molar-refractivity contribution in [2.75, 3.05) is 31.2 Å². The van der Waals surface area contributed by atoms with Gasteiger partial charge in [0.2, 0.25) is 0 Å². The number of nitrogens with zero attached hydrogens (tertiary/aromatic N) is 3. The first kappa shape index (κ1) is 24.2. The summed E-state index contributed by atoms with van der Waals surface area (Å²) in [4.78, 5) is 20.1. The van der Waals surface area contributed by atoms with Gasteiger partial charge in [-0.05, 0) is 85.9 Å². The lowest BCUT2D eigenvalue weighted by Crippen LogP contribution is -2.32. The summed E-state index contributed by atoms with van der Waals surface area (Å²) in [6.07, 6.45) is 6.74. The van der Waals surface area contributed by atoms with Crippen LogP contribution in [0, 0.1) is 0 Å². The van der Waals surface area contributed by atoms with Crippen LogP contribution in [0.4, 0.5) is 11.5 Å². The van der Waals surface area contributed by atoms with Gasteiger partial charge in [-0.1, -0.05) is 31.2 Å². The summed E-state index contributed by atoms with van der Waals surface area (Å²) < 4.78 is 24.1. The van der Waals surface area contributed by atoms with E-state index in [1.165, 1.54) is 18.0 Å². The lowest BCUT2D eigenvalue weighted by Gasteiger charge is -2.31. The minimum absolute atomic E-state index is 0.219. The number of pyridine rings is 1. The molecule has 8 heteroatoms. The third-order valence-electron chi connectivity index (χ3n) is 6.95. The summed E-state index contributed by atoms with van der Waals surface area (Å²) in [6, 6.07) is 16.8. The highest BCUT2D eigenvalue weighted by atomic mass is 32.2. The molecule has 7 nitrogen and oxygen atoms in total. The Bertz CT molecular complexity index is 1420. The third-order valence-corrected chi connectivity index (χ3v) is 8.06. The molecule has 3 heterocycles. The first-order valence-corrected chi connectivity index (χ1v) is 14.1. The lowest BCUT2D eigenvalue weighted by molar-refractivity contribution is 0.0965. The number of piperidine rings is 1. The van der Waals surface area contributed by atoms with Crippen LogP contribution < -0.4 is 10.6 Å². The molecule has 1 aromatic heterocycles. The van der Waals surface area contributed by atoms with Gasteiger partial charge in [-0.15, -0.1) is 0 Å². The van der Waals surface area contributed by atoms with E-state index >= 15 is 0 Å². The zero-order valence-corrected chi connectivity index (χ0v) is 21.3. The molecule has 1 saturated heterocycles. The van der Waals surface area contributed by atoms with Gasteiger partial charge < -0.3 is 10.2 Å². The van der Waals surface area contributed by atoms with Gasteiger partial charge >= 0.3 is 0 Å². The predicted molar refractivity (Wildman–Crippen MR) is 142 cm³/mol. The first-order valence-electron chi connectivity index (χ1n) is 12.2. The predicted octanol–water partition coefficient (Wildman–Crippen LogP) is 4.82. The third kappa shape index (κ3) is 5.05. The van der Waals surface area contributed by atoms with E-state index in [0.29, 0.717) is 34.1 Å². The zero-order valence-electron chi connectivity index (χ0n) is 20.4. The van der Waals surface area contributed by atoms with E-state index in [9.17, 15) is 13.2 Å². The van der Waals surface area contributed by atoms with Gasteiger partial charge in [0.15, 0.2) is 9.84 Å². The average molecular weight is 502 g/mol. The highest BCUT2D eigenvalue weighted by Gasteiger charge is 2.23. The number of aromatic nitrogens is 1. The van der Waals surface area contributed by atoms with E-state index in [-0.39, 0.29) is 10.8 Å². The van der Waals surface area contributed by atoms with Gasteiger partial charge in [-0.25, -0.2) is 18.7 Å². The van der Waals surface area contributed by atoms with Crippen LogP contribution >= 0.6 is 0 Å². The molecular formula is C28H29N4O3S. The van der Waals surface area contributed by atoms with Gasteiger partial charge in [-0.3, -0.25) is 4.79 Å². The highest BCUT2D eigenvalue weighted by Crippen LogP contribution is 2.33. The van der Waals surface area contributed by atoms with Crippen molar-refractivity contribution in [1.29, 1.82) is 0 Å². The number of rotatable bonds is 6. The largest absolute Gasteiger partial charge is 0.340 e. The second-order valence-electron chi connectivity index (χ2n) is 9.33. The molecule has 0 aliphatic carbocycles. The monoisotopic (exact) mass is 501 g/mol. The topological polar surface area (TPSA) is 93.5 Å². The Kier molecular flexibility index (Phi) is 6.64. The van der Waals surface area contributed by atoms with Crippen molar-refractivity contribution < 1.29 is 13.2 Å². The second kappa shape index (κ2) is 9.87. The molecule has 0 unspecified atom stereocenters. The number of carbonyl (C=O) groups excluding carboxylic acids is 1. The van der Waals surface area contributed by atoms with Crippen LogP contribution in [0.5, 0.6) is 0 Å². The highest BCUT2D eigenvalue weighted by molar-refractivity contribution is 7.90. The maximum absolute atomic E-state index is 12.7. The molecule has 2 aromatic carbocycles. The molecule has 36 heavy (non-hydrogen) atoms. The van der Waals surface area contributed by atoms with Crippen molar-refractivity contribution in [2.24, 2.45) is 0 Å². The molecule has 2 aliphatic rings. The number of nitrogens with one attached hydrogen (secondary N) is 1. The van der Waals surface area contributed by atoms with E-state index in [1.54, 1.807) is 30.3 Å². The zero-order chi connectivity index (χ0) is 25.3. The van der Waals surface area contributed by atoms with Crippen LogP contribution in [-0.2, 0) is 9.84 Å². The van der Waals surface area contributed by atoms with E-state index in [1.807, 2.05) is 18.2 Å². The Morgan fingerprint density at radius 3 is 2.50 bits per heavy atom. The number of hydrogen-bond acceptors (Lipinski definition) is 6. The van der Waals surface area contributed by atoms with Crippen molar-refractivity contribution >= 4 is 33.3 Å².